The number of carbonyl (C=O) groups excluding carboxylic acids is 1. The molecule has 0 aliphatic carbocycles. The highest BCUT2D eigenvalue weighted by Gasteiger charge is 2.20. The molecule has 0 spiro atoms. The van der Waals surface area contributed by atoms with Gasteiger partial charge in [-0.1, -0.05) is 13.8 Å². The van der Waals surface area contributed by atoms with Crippen LogP contribution in [0.1, 0.15) is 30.6 Å². The van der Waals surface area contributed by atoms with Crippen molar-refractivity contribution in [1.82, 2.24) is 5.32 Å². The van der Waals surface area contributed by atoms with Crippen molar-refractivity contribution in [2.75, 3.05) is 20.3 Å². The Labute approximate surface area is 116 Å². The van der Waals surface area contributed by atoms with Gasteiger partial charge in [-0.3, -0.25) is 4.79 Å². The molecule has 0 aliphatic heterocycles. The van der Waals surface area contributed by atoms with E-state index in [2.05, 4.69) is 5.32 Å². The summed E-state index contributed by atoms with van der Waals surface area (Å²) in [5.41, 5.74) is -0.466. The lowest BCUT2D eigenvalue weighted by molar-refractivity contribution is 0.0920. The first kappa shape index (κ1) is 16.5. The quantitative estimate of drug-likeness (QED) is 0.818. The second kappa shape index (κ2) is 6.74. The highest BCUT2D eigenvalue weighted by Crippen LogP contribution is 2.19. The molecule has 3 nitrogen and oxygen atoms in total. The monoisotopic (exact) mass is 289 g/mol. The molecule has 1 aromatic carbocycles. The van der Waals surface area contributed by atoms with Gasteiger partial charge in [-0.25, -0.2) is 13.2 Å². The van der Waals surface area contributed by atoms with Gasteiger partial charge in [0, 0.05) is 25.8 Å². The van der Waals surface area contributed by atoms with Crippen molar-refractivity contribution in [2.24, 2.45) is 5.41 Å². The molecule has 112 valence electrons. The van der Waals surface area contributed by atoms with E-state index in [1.54, 1.807) is 7.11 Å². The molecule has 1 amide bonds. The fraction of sp³-hybridized carbons (Fsp3) is 0.500. The molecular weight excluding hydrogens is 271 g/mol. The predicted octanol–water partition coefficient (Wildman–Crippen LogP) is 2.90. The van der Waals surface area contributed by atoms with E-state index in [0.29, 0.717) is 25.3 Å². The third-order valence-electron chi connectivity index (χ3n) is 2.96. The summed E-state index contributed by atoms with van der Waals surface area (Å²) in [5, 5.41) is 2.57. The van der Waals surface area contributed by atoms with E-state index in [9.17, 15) is 18.0 Å². The number of halogens is 3. The maximum atomic E-state index is 13.0. The average molecular weight is 289 g/mol. The average Bonchev–Trinajstić information content (AvgIpc) is 2.39. The molecule has 20 heavy (non-hydrogen) atoms. The standard InChI is InChI=1S/C14H18F3NO2/c1-14(2,4-5-20-3)8-18-13(19)9-6-10(15)12(17)11(16)7-9/h6-7H,4-5,8H2,1-3H3,(H,18,19). The highest BCUT2D eigenvalue weighted by molar-refractivity contribution is 5.94. The van der Waals surface area contributed by atoms with E-state index >= 15 is 0 Å². The van der Waals surface area contributed by atoms with E-state index < -0.39 is 23.4 Å². The van der Waals surface area contributed by atoms with Crippen molar-refractivity contribution in [3.8, 4) is 0 Å². The summed E-state index contributed by atoms with van der Waals surface area (Å²) in [6.45, 7) is 4.72. The zero-order valence-electron chi connectivity index (χ0n) is 11.7. The molecule has 0 aromatic heterocycles. The van der Waals surface area contributed by atoms with Gasteiger partial charge in [0.2, 0.25) is 0 Å². The Balaban J connectivity index is 2.68. The summed E-state index contributed by atoms with van der Waals surface area (Å²) >= 11 is 0. The van der Waals surface area contributed by atoms with Crippen LogP contribution in [0.4, 0.5) is 13.2 Å². The van der Waals surface area contributed by atoms with Crippen molar-refractivity contribution in [3.05, 3.63) is 35.1 Å². The van der Waals surface area contributed by atoms with Crippen LogP contribution < -0.4 is 5.32 Å². The molecule has 1 N–H and O–H groups in total. The lowest BCUT2D eigenvalue weighted by Gasteiger charge is -2.24. The lowest BCUT2D eigenvalue weighted by Crippen LogP contribution is -2.34. The largest absolute Gasteiger partial charge is 0.385 e. The van der Waals surface area contributed by atoms with Gasteiger partial charge < -0.3 is 10.1 Å². The minimum atomic E-state index is -1.58. The topological polar surface area (TPSA) is 38.3 Å². The Hall–Kier alpha value is -1.56. The minimum Gasteiger partial charge on any atom is -0.385 e. The third-order valence-corrected chi connectivity index (χ3v) is 2.96. The maximum Gasteiger partial charge on any atom is 0.251 e. The predicted molar refractivity (Wildman–Crippen MR) is 68.9 cm³/mol. The molecule has 0 saturated heterocycles. The van der Waals surface area contributed by atoms with Crippen molar-refractivity contribution < 1.29 is 22.7 Å². The number of carbonyl (C=O) groups is 1. The van der Waals surface area contributed by atoms with Gasteiger partial charge in [0.1, 0.15) is 0 Å². The number of methoxy groups -OCH3 is 1. The maximum absolute atomic E-state index is 13.0. The van der Waals surface area contributed by atoms with Crippen molar-refractivity contribution in [1.29, 1.82) is 0 Å². The summed E-state index contributed by atoms with van der Waals surface area (Å²) in [5.74, 6) is -4.99. The molecule has 6 heteroatoms. The summed E-state index contributed by atoms with van der Waals surface area (Å²) in [7, 11) is 1.58. The zero-order chi connectivity index (χ0) is 15.3. The lowest BCUT2D eigenvalue weighted by atomic mass is 9.89. The Bertz CT molecular complexity index is 466. The van der Waals surface area contributed by atoms with Crippen LogP contribution in [-0.4, -0.2) is 26.2 Å². The van der Waals surface area contributed by atoms with E-state index in [0.717, 1.165) is 6.42 Å². The Morgan fingerprint density at radius 3 is 2.30 bits per heavy atom. The van der Waals surface area contributed by atoms with Crippen molar-refractivity contribution in [3.63, 3.8) is 0 Å². The van der Waals surface area contributed by atoms with Gasteiger partial charge in [0.05, 0.1) is 0 Å². The molecule has 0 radical (unpaired) electrons. The highest BCUT2D eigenvalue weighted by atomic mass is 19.2. The van der Waals surface area contributed by atoms with Crippen LogP contribution in [-0.2, 0) is 4.74 Å². The number of benzene rings is 1. The minimum absolute atomic E-state index is 0.219. The first-order valence-corrected chi connectivity index (χ1v) is 6.18. The number of nitrogens with one attached hydrogen (secondary N) is 1. The summed E-state index contributed by atoms with van der Waals surface area (Å²) in [6.07, 6.45) is 0.718. The first-order valence-electron chi connectivity index (χ1n) is 6.18. The fourth-order valence-electron chi connectivity index (χ4n) is 1.57. The van der Waals surface area contributed by atoms with Gasteiger partial charge in [-0.15, -0.1) is 0 Å². The second-order valence-corrected chi connectivity index (χ2v) is 5.34. The summed E-state index contributed by atoms with van der Waals surface area (Å²) in [4.78, 5) is 11.8. The molecule has 0 unspecified atom stereocenters. The number of hydrogen-bond acceptors (Lipinski definition) is 2. The normalized spacial score (nSPS) is 11.5. The van der Waals surface area contributed by atoms with Gasteiger partial charge in [0.25, 0.3) is 5.91 Å². The third kappa shape index (κ3) is 4.52. The molecule has 1 rings (SSSR count). The van der Waals surface area contributed by atoms with Gasteiger partial charge in [-0.05, 0) is 24.0 Å². The number of hydrogen-bond donors (Lipinski definition) is 1. The van der Waals surface area contributed by atoms with Crippen LogP contribution in [0, 0.1) is 22.9 Å². The van der Waals surface area contributed by atoms with Gasteiger partial charge in [0.15, 0.2) is 17.5 Å². The number of amides is 1. The van der Waals surface area contributed by atoms with E-state index in [1.165, 1.54) is 0 Å². The van der Waals surface area contributed by atoms with Crippen molar-refractivity contribution in [2.45, 2.75) is 20.3 Å². The van der Waals surface area contributed by atoms with Gasteiger partial charge in [-0.2, -0.15) is 0 Å². The zero-order valence-corrected chi connectivity index (χ0v) is 11.7. The number of rotatable bonds is 6. The number of ether oxygens (including phenoxy) is 1. The summed E-state index contributed by atoms with van der Waals surface area (Å²) < 4.78 is 43.8. The molecule has 0 heterocycles. The molecule has 0 aliphatic rings. The van der Waals surface area contributed by atoms with Crippen LogP contribution in [0.15, 0.2) is 12.1 Å². The van der Waals surface area contributed by atoms with E-state index in [4.69, 9.17) is 4.74 Å². The Morgan fingerprint density at radius 1 is 1.25 bits per heavy atom. The molecule has 0 atom stereocenters. The molecule has 0 bridgehead atoms. The van der Waals surface area contributed by atoms with Crippen LogP contribution in [0.3, 0.4) is 0 Å². The Kier molecular flexibility index (Phi) is 5.56. The summed E-state index contributed by atoms with van der Waals surface area (Å²) in [6, 6.07) is 1.35. The molecule has 0 fully saturated rings. The van der Waals surface area contributed by atoms with E-state index in [1.807, 2.05) is 13.8 Å². The van der Waals surface area contributed by atoms with Crippen LogP contribution in [0.25, 0.3) is 0 Å². The second-order valence-electron chi connectivity index (χ2n) is 5.34. The molecular formula is C14H18F3NO2. The fourth-order valence-corrected chi connectivity index (χ4v) is 1.57. The molecule has 0 saturated carbocycles. The smallest absolute Gasteiger partial charge is 0.251 e. The SMILES string of the molecule is COCCC(C)(C)CNC(=O)c1cc(F)c(F)c(F)c1. The van der Waals surface area contributed by atoms with Gasteiger partial charge >= 0.3 is 0 Å². The van der Waals surface area contributed by atoms with E-state index in [-0.39, 0.29) is 11.0 Å². The van der Waals surface area contributed by atoms with Crippen molar-refractivity contribution >= 4 is 5.91 Å². The van der Waals surface area contributed by atoms with Crippen LogP contribution in [0.5, 0.6) is 0 Å². The van der Waals surface area contributed by atoms with Crippen LogP contribution in [0.2, 0.25) is 0 Å². The van der Waals surface area contributed by atoms with Crippen LogP contribution >= 0.6 is 0 Å². The first-order chi connectivity index (χ1) is 9.26. The Morgan fingerprint density at radius 2 is 1.80 bits per heavy atom. The molecule has 1 aromatic rings.